The van der Waals surface area contributed by atoms with Crippen molar-refractivity contribution in [3.63, 3.8) is 0 Å². The lowest BCUT2D eigenvalue weighted by molar-refractivity contribution is 0.0796. The van der Waals surface area contributed by atoms with Crippen LogP contribution in [0.4, 0.5) is 0 Å². The summed E-state index contributed by atoms with van der Waals surface area (Å²) in [6, 6.07) is 15.1. The van der Waals surface area contributed by atoms with Gasteiger partial charge in [0.1, 0.15) is 0 Å². The molecule has 0 unspecified atom stereocenters. The van der Waals surface area contributed by atoms with Gasteiger partial charge in [0, 0.05) is 24.5 Å². The number of likely N-dealkylation sites (N-methyl/N-ethyl adjacent to an activating group) is 1. The fourth-order valence-corrected chi connectivity index (χ4v) is 4.73. The summed E-state index contributed by atoms with van der Waals surface area (Å²) in [6.45, 7) is 0.488. The molecule has 38 heavy (non-hydrogen) atoms. The summed E-state index contributed by atoms with van der Waals surface area (Å²) in [6.07, 6.45) is 0.602. The van der Waals surface area contributed by atoms with E-state index in [1.54, 1.807) is 72.8 Å². The number of fused-ring (bicyclic) bond motifs is 3. The van der Waals surface area contributed by atoms with Gasteiger partial charge in [0.25, 0.3) is 5.91 Å². The highest BCUT2D eigenvalue weighted by molar-refractivity contribution is 6.13. The fraction of sp³-hybridized carbons (Fsp3) is 0.300. The Kier molecular flexibility index (Phi) is 8.00. The quantitative estimate of drug-likeness (QED) is 0.261. The van der Waals surface area contributed by atoms with Gasteiger partial charge in [-0.05, 0) is 64.5 Å². The Hall–Kier alpha value is -4.33. The molecule has 200 valence electrons. The number of carbonyl (C=O) groups excluding carboxylic acids is 1. The molecular formula is C30H33NO7. The normalized spacial score (nSPS) is 10.8. The van der Waals surface area contributed by atoms with Crippen molar-refractivity contribution >= 4 is 27.5 Å². The Balaban J connectivity index is 1.74. The van der Waals surface area contributed by atoms with Gasteiger partial charge in [0.05, 0.1) is 42.7 Å². The fourth-order valence-electron chi connectivity index (χ4n) is 4.73. The van der Waals surface area contributed by atoms with E-state index >= 15 is 0 Å². The number of benzene rings is 4. The van der Waals surface area contributed by atoms with Gasteiger partial charge in [-0.2, -0.15) is 0 Å². The Morgan fingerprint density at radius 1 is 0.658 bits per heavy atom. The Labute approximate surface area is 222 Å². The molecule has 1 amide bonds. The van der Waals surface area contributed by atoms with Crippen LogP contribution in [0.3, 0.4) is 0 Å². The molecular weight excluding hydrogens is 486 g/mol. The molecule has 0 atom stereocenters. The topological polar surface area (TPSA) is 75.7 Å². The predicted molar refractivity (Wildman–Crippen MR) is 148 cm³/mol. The van der Waals surface area contributed by atoms with Crippen LogP contribution in [-0.2, 0) is 6.42 Å². The van der Waals surface area contributed by atoms with Gasteiger partial charge in [-0.1, -0.05) is 12.1 Å². The minimum absolute atomic E-state index is 0.113. The first kappa shape index (κ1) is 26.7. The molecule has 0 bridgehead atoms. The third-order valence-corrected chi connectivity index (χ3v) is 6.74. The lowest BCUT2D eigenvalue weighted by Gasteiger charge is -2.21. The number of methoxy groups -OCH3 is 6. The van der Waals surface area contributed by atoms with Gasteiger partial charge in [-0.15, -0.1) is 0 Å². The van der Waals surface area contributed by atoms with Crippen molar-refractivity contribution in [2.45, 2.75) is 6.42 Å². The van der Waals surface area contributed by atoms with Crippen molar-refractivity contribution in [2.75, 3.05) is 56.3 Å². The Bertz CT molecular complexity index is 1480. The van der Waals surface area contributed by atoms with Crippen LogP contribution in [0.15, 0.2) is 48.5 Å². The number of ether oxygens (including phenoxy) is 6. The maximum Gasteiger partial charge on any atom is 0.253 e. The zero-order chi connectivity index (χ0) is 27.4. The van der Waals surface area contributed by atoms with Gasteiger partial charge >= 0.3 is 0 Å². The first-order valence-corrected chi connectivity index (χ1v) is 12.1. The number of hydrogen-bond acceptors (Lipinski definition) is 7. The van der Waals surface area contributed by atoms with E-state index in [2.05, 4.69) is 6.07 Å². The lowest BCUT2D eigenvalue weighted by Crippen LogP contribution is -2.28. The maximum atomic E-state index is 13.2. The Morgan fingerprint density at radius 2 is 1.29 bits per heavy atom. The average Bonchev–Trinajstić information content (AvgIpc) is 2.97. The van der Waals surface area contributed by atoms with Crippen molar-refractivity contribution in [1.29, 1.82) is 0 Å². The average molecular weight is 520 g/mol. The van der Waals surface area contributed by atoms with Gasteiger partial charge in [0.15, 0.2) is 34.5 Å². The van der Waals surface area contributed by atoms with E-state index in [9.17, 15) is 4.79 Å². The molecule has 0 N–H and O–H groups in total. The molecule has 0 aliphatic carbocycles. The number of nitrogens with zero attached hydrogens (tertiary/aromatic N) is 1. The molecule has 8 heteroatoms. The summed E-state index contributed by atoms with van der Waals surface area (Å²) in [5.41, 5.74) is 1.55. The summed E-state index contributed by atoms with van der Waals surface area (Å²) < 4.78 is 33.3. The highest BCUT2D eigenvalue weighted by atomic mass is 16.5. The lowest BCUT2D eigenvalue weighted by atomic mass is 9.95. The van der Waals surface area contributed by atoms with Crippen molar-refractivity contribution in [2.24, 2.45) is 0 Å². The third kappa shape index (κ3) is 4.81. The van der Waals surface area contributed by atoms with E-state index in [0.717, 1.165) is 27.1 Å². The van der Waals surface area contributed by atoms with Gasteiger partial charge in [-0.25, -0.2) is 0 Å². The van der Waals surface area contributed by atoms with Crippen LogP contribution in [0.1, 0.15) is 15.9 Å². The second-order valence-corrected chi connectivity index (χ2v) is 8.73. The molecule has 0 spiro atoms. The summed E-state index contributed by atoms with van der Waals surface area (Å²) in [4.78, 5) is 14.9. The number of hydrogen-bond donors (Lipinski definition) is 0. The first-order chi connectivity index (χ1) is 18.4. The van der Waals surface area contributed by atoms with Crippen LogP contribution < -0.4 is 28.4 Å². The molecule has 4 rings (SSSR count). The zero-order valence-corrected chi connectivity index (χ0v) is 22.8. The number of rotatable bonds is 10. The molecule has 8 nitrogen and oxygen atoms in total. The van der Waals surface area contributed by atoms with Crippen molar-refractivity contribution in [3.05, 3.63) is 59.7 Å². The molecule has 0 aliphatic rings. The summed E-state index contributed by atoms with van der Waals surface area (Å²) in [7, 11) is 11.4. The summed E-state index contributed by atoms with van der Waals surface area (Å²) in [5.74, 6) is 3.50. The van der Waals surface area contributed by atoms with Crippen molar-refractivity contribution in [3.8, 4) is 34.5 Å². The van der Waals surface area contributed by atoms with Crippen LogP contribution in [0.25, 0.3) is 21.5 Å². The van der Waals surface area contributed by atoms with Gasteiger partial charge in [-0.3, -0.25) is 4.79 Å². The monoisotopic (exact) mass is 519 g/mol. The van der Waals surface area contributed by atoms with E-state index < -0.39 is 0 Å². The zero-order valence-electron chi connectivity index (χ0n) is 22.8. The number of amides is 1. The Morgan fingerprint density at radius 3 is 1.92 bits per heavy atom. The molecule has 0 aromatic heterocycles. The smallest absolute Gasteiger partial charge is 0.253 e. The van der Waals surface area contributed by atoms with E-state index in [0.29, 0.717) is 53.0 Å². The minimum Gasteiger partial charge on any atom is -0.493 e. The molecule has 0 saturated heterocycles. The third-order valence-electron chi connectivity index (χ3n) is 6.74. The van der Waals surface area contributed by atoms with Crippen LogP contribution in [0.5, 0.6) is 34.5 Å². The number of carbonyl (C=O) groups is 1. The summed E-state index contributed by atoms with van der Waals surface area (Å²) >= 11 is 0. The standard InChI is InChI=1S/C30H33NO7/c1-31(30(32)20-9-11-23(33-2)24(16-20)34-3)13-12-19-15-27(37-6)29(38-7)28-21(19)10-8-18-14-25(35-4)26(36-5)17-22(18)28/h8-11,14-17H,12-13H2,1-7H3. The molecule has 0 heterocycles. The van der Waals surface area contributed by atoms with E-state index in [1.807, 2.05) is 24.3 Å². The SMILES string of the molecule is COc1ccc(C(=O)N(C)CCc2cc(OC)c(OC)c3c2ccc2cc(OC)c(OC)cc23)cc1OC. The van der Waals surface area contributed by atoms with Gasteiger partial charge in [0.2, 0.25) is 0 Å². The highest BCUT2D eigenvalue weighted by Crippen LogP contribution is 2.44. The highest BCUT2D eigenvalue weighted by Gasteiger charge is 2.20. The van der Waals surface area contributed by atoms with Crippen LogP contribution in [0.2, 0.25) is 0 Å². The minimum atomic E-state index is -0.113. The van der Waals surface area contributed by atoms with Gasteiger partial charge < -0.3 is 33.3 Å². The largest absolute Gasteiger partial charge is 0.493 e. The van der Waals surface area contributed by atoms with Crippen LogP contribution in [0, 0.1) is 0 Å². The van der Waals surface area contributed by atoms with E-state index in [4.69, 9.17) is 28.4 Å². The predicted octanol–water partition coefficient (Wildman–Crippen LogP) is 5.36. The van der Waals surface area contributed by atoms with Crippen molar-refractivity contribution < 1.29 is 33.2 Å². The second-order valence-electron chi connectivity index (χ2n) is 8.73. The second kappa shape index (κ2) is 11.4. The van der Waals surface area contributed by atoms with Crippen molar-refractivity contribution in [1.82, 2.24) is 4.90 Å². The molecule has 0 aliphatic heterocycles. The molecule has 0 saturated carbocycles. The molecule has 4 aromatic rings. The molecule has 4 aromatic carbocycles. The first-order valence-electron chi connectivity index (χ1n) is 12.1. The van der Waals surface area contributed by atoms with Crippen LogP contribution >= 0.6 is 0 Å². The summed E-state index contributed by atoms with van der Waals surface area (Å²) in [5, 5.41) is 3.85. The van der Waals surface area contributed by atoms with E-state index in [-0.39, 0.29) is 5.91 Å². The van der Waals surface area contributed by atoms with Crippen LogP contribution in [-0.4, -0.2) is 67.1 Å². The molecule has 0 fully saturated rings. The van der Waals surface area contributed by atoms with E-state index in [1.165, 1.54) is 0 Å². The molecule has 0 radical (unpaired) electrons. The maximum absolute atomic E-state index is 13.2.